The van der Waals surface area contributed by atoms with Gasteiger partial charge in [0.05, 0.1) is 28.4 Å². The minimum Gasteiger partial charge on any atom is -0.202 e. The first-order valence-electron chi connectivity index (χ1n) is 3.18. The SMILES string of the molecule is Clc1nn(I)c2cc(Br)ccc12. The van der Waals surface area contributed by atoms with E-state index in [2.05, 4.69) is 43.9 Å². The number of benzene rings is 1. The fourth-order valence-corrected chi connectivity index (χ4v) is 2.34. The van der Waals surface area contributed by atoms with Gasteiger partial charge in [-0.3, -0.25) is 0 Å². The van der Waals surface area contributed by atoms with Crippen molar-refractivity contribution in [1.29, 1.82) is 0 Å². The van der Waals surface area contributed by atoms with Crippen molar-refractivity contribution in [2.75, 3.05) is 0 Å². The maximum absolute atomic E-state index is 5.88. The second-order valence-electron chi connectivity index (χ2n) is 2.31. The standard InChI is InChI=1S/C7H3BrClIN2/c8-4-1-2-5-6(3-4)12(10)11-7(5)9/h1-3H. The highest BCUT2D eigenvalue weighted by atomic mass is 127. The molecule has 0 bridgehead atoms. The summed E-state index contributed by atoms with van der Waals surface area (Å²) >= 11 is 11.4. The molecule has 1 aromatic carbocycles. The number of hydrogen-bond donors (Lipinski definition) is 0. The van der Waals surface area contributed by atoms with Crippen LogP contribution in [0.1, 0.15) is 0 Å². The van der Waals surface area contributed by atoms with Crippen LogP contribution in [0.5, 0.6) is 0 Å². The second kappa shape index (κ2) is 3.16. The van der Waals surface area contributed by atoms with Crippen molar-refractivity contribution in [2.24, 2.45) is 0 Å². The molecule has 0 saturated heterocycles. The molecule has 0 aliphatic carbocycles. The number of nitrogens with zero attached hydrogens (tertiary/aromatic N) is 2. The van der Waals surface area contributed by atoms with Crippen molar-refractivity contribution < 1.29 is 0 Å². The lowest BCUT2D eigenvalue weighted by Gasteiger charge is -1.91. The number of halogens is 3. The lowest BCUT2D eigenvalue weighted by Crippen LogP contribution is -1.78. The lowest BCUT2D eigenvalue weighted by atomic mass is 10.3. The Morgan fingerprint density at radius 1 is 1.50 bits per heavy atom. The van der Waals surface area contributed by atoms with Crippen LogP contribution in [0, 0.1) is 0 Å². The Bertz CT molecular complexity index is 440. The van der Waals surface area contributed by atoms with Gasteiger partial charge in [-0.2, -0.15) is 5.10 Å². The van der Waals surface area contributed by atoms with Crippen molar-refractivity contribution in [3.63, 3.8) is 0 Å². The summed E-state index contributed by atoms with van der Waals surface area (Å²) in [5.41, 5.74) is 1.02. The summed E-state index contributed by atoms with van der Waals surface area (Å²) < 4.78 is 2.77. The Morgan fingerprint density at radius 3 is 3.00 bits per heavy atom. The van der Waals surface area contributed by atoms with Gasteiger partial charge in [0.2, 0.25) is 0 Å². The molecule has 0 atom stereocenters. The Balaban J connectivity index is 2.90. The molecule has 0 N–H and O–H groups in total. The molecule has 0 aliphatic heterocycles. The molecule has 0 saturated carbocycles. The molecular weight excluding hydrogens is 354 g/mol. The van der Waals surface area contributed by atoms with E-state index in [1.165, 1.54) is 0 Å². The topological polar surface area (TPSA) is 17.8 Å². The molecule has 0 amide bonds. The zero-order valence-electron chi connectivity index (χ0n) is 5.76. The van der Waals surface area contributed by atoms with E-state index in [0.717, 1.165) is 15.4 Å². The van der Waals surface area contributed by atoms with Crippen molar-refractivity contribution in [3.05, 3.63) is 27.8 Å². The molecule has 1 aromatic heterocycles. The molecular formula is C7H3BrClIN2. The minimum atomic E-state index is 0.548. The fraction of sp³-hybridized carbons (Fsp3) is 0. The summed E-state index contributed by atoms with van der Waals surface area (Å²) in [4.78, 5) is 0. The molecule has 0 radical (unpaired) electrons. The third-order valence-corrected chi connectivity index (χ3v) is 3.06. The van der Waals surface area contributed by atoms with Crippen LogP contribution in [0.4, 0.5) is 0 Å². The zero-order chi connectivity index (χ0) is 8.72. The molecule has 2 nitrogen and oxygen atoms in total. The summed E-state index contributed by atoms with van der Waals surface area (Å²) in [5.74, 6) is 0. The molecule has 12 heavy (non-hydrogen) atoms. The van der Waals surface area contributed by atoms with Crippen molar-refractivity contribution in [1.82, 2.24) is 7.99 Å². The second-order valence-corrected chi connectivity index (χ2v) is 4.50. The van der Waals surface area contributed by atoms with E-state index in [0.29, 0.717) is 5.15 Å². The maximum Gasteiger partial charge on any atom is 0.159 e. The molecule has 0 spiro atoms. The molecule has 0 aliphatic rings. The predicted molar refractivity (Wildman–Crippen MR) is 61.9 cm³/mol. The third-order valence-electron chi connectivity index (χ3n) is 1.56. The number of aromatic nitrogens is 2. The van der Waals surface area contributed by atoms with Crippen LogP contribution in [0.3, 0.4) is 0 Å². The van der Waals surface area contributed by atoms with Crippen LogP contribution >= 0.6 is 50.4 Å². The minimum absolute atomic E-state index is 0.548. The van der Waals surface area contributed by atoms with Crippen LogP contribution in [-0.2, 0) is 0 Å². The number of hydrogen-bond acceptors (Lipinski definition) is 1. The van der Waals surface area contributed by atoms with E-state index in [1.807, 2.05) is 18.2 Å². The molecule has 62 valence electrons. The molecule has 0 fully saturated rings. The van der Waals surface area contributed by atoms with E-state index in [-0.39, 0.29) is 0 Å². The first kappa shape index (κ1) is 8.77. The van der Waals surface area contributed by atoms with Crippen LogP contribution in [0.15, 0.2) is 22.7 Å². The van der Waals surface area contributed by atoms with Crippen LogP contribution in [0.25, 0.3) is 10.9 Å². The van der Waals surface area contributed by atoms with Crippen LogP contribution < -0.4 is 0 Å². The largest absolute Gasteiger partial charge is 0.202 e. The van der Waals surface area contributed by atoms with Crippen molar-refractivity contribution >= 4 is 61.3 Å². The summed E-state index contributed by atoms with van der Waals surface area (Å²) in [6.07, 6.45) is 0. The monoisotopic (exact) mass is 356 g/mol. The lowest BCUT2D eigenvalue weighted by molar-refractivity contribution is 1.09. The van der Waals surface area contributed by atoms with E-state index in [1.54, 1.807) is 2.90 Å². The Labute approximate surface area is 96.5 Å². The van der Waals surface area contributed by atoms with Gasteiger partial charge in [0.1, 0.15) is 0 Å². The zero-order valence-corrected chi connectivity index (χ0v) is 10.3. The normalized spacial score (nSPS) is 10.9. The molecule has 2 rings (SSSR count). The number of fused-ring (bicyclic) bond motifs is 1. The molecule has 1 heterocycles. The Kier molecular flexibility index (Phi) is 2.31. The summed E-state index contributed by atoms with van der Waals surface area (Å²) in [5, 5.41) is 5.61. The Morgan fingerprint density at radius 2 is 2.25 bits per heavy atom. The van der Waals surface area contributed by atoms with Crippen LogP contribution in [0.2, 0.25) is 5.15 Å². The van der Waals surface area contributed by atoms with Crippen LogP contribution in [-0.4, -0.2) is 7.99 Å². The molecule has 2 aromatic rings. The van der Waals surface area contributed by atoms with Crippen molar-refractivity contribution in [2.45, 2.75) is 0 Å². The van der Waals surface area contributed by atoms with Gasteiger partial charge in [-0.1, -0.05) is 27.5 Å². The van der Waals surface area contributed by atoms with Gasteiger partial charge in [-0.05, 0) is 18.2 Å². The first-order chi connectivity index (χ1) is 5.68. The van der Waals surface area contributed by atoms with E-state index in [9.17, 15) is 0 Å². The quantitative estimate of drug-likeness (QED) is 0.658. The van der Waals surface area contributed by atoms with Gasteiger partial charge >= 0.3 is 0 Å². The van der Waals surface area contributed by atoms with Crippen molar-refractivity contribution in [3.8, 4) is 0 Å². The average molecular weight is 357 g/mol. The van der Waals surface area contributed by atoms with Gasteiger partial charge in [-0.25, -0.2) is 2.90 Å². The average Bonchev–Trinajstić information content (AvgIpc) is 2.28. The summed E-state index contributed by atoms with van der Waals surface area (Å²) in [7, 11) is 0. The van der Waals surface area contributed by atoms with Gasteiger partial charge < -0.3 is 0 Å². The van der Waals surface area contributed by atoms with Gasteiger partial charge in [0, 0.05) is 9.86 Å². The number of rotatable bonds is 0. The molecule has 0 unspecified atom stereocenters. The first-order valence-corrected chi connectivity index (χ1v) is 5.32. The van der Waals surface area contributed by atoms with Gasteiger partial charge in [-0.15, -0.1) is 0 Å². The predicted octanol–water partition coefficient (Wildman–Crippen LogP) is 3.65. The summed E-state index contributed by atoms with van der Waals surface area (Å²) in [6, 6.07) is 5.89. The highest BCUT2D eigenvalue weighted by Crippen LogP contribution is 2.26. The van der Waals surface area contributed by atoms with E-state index < -0.39 is 0 Å². The fourth-order valence-electron chi connectivity index (χ4n) is 1.02. The third kappa shape index (κ3) is 1.36. The highest BCUT2D eigenvalue weighted by Gasteiger charge is 2.06. The van der Waals surface area contributed by atoms with Gasteiger partial charge in [0.25, 0.3) is 0 Å². The maximum atomic E-state index is 5.88. The van der Waals surface area contributed by atoms with E-state index in [4.69, 9.17) is 11.6 Å². The summed E-state index contributed by atoms with van der Waals surface area (Å²) in [6.45, 7) is 0. The molecule has 5 heteroatoms. The Hall–Kier alpha value is 0.190. The smallest absolute Gasteiger partial charge is 0.159 e. The van der Waals surface area contributed by atoms with E-state index >= 15 is 0 Å². The van der Waals surface area contributed by atoms with Gasteiger partial charge in [0.15, 0.2) is 5.15 Å². The highest BCUT2D eigenvalue weighted by molar-refractivity contribution is 14.1.